The van der Waals surface area contributed by atoms with Gasteiger partial charge in [-0.3, -0.25) is 19.7 Å². The van der Waals surface area contributed by atoms with Crippen molar-refractivity contribution in [1.82, 2.24) is 20.4 Å². The van der Waals surface area contributed by atoms with Crippen molar-refractivity contribution < 1.29 is 28.0 Å². The van der Waals surface area contributed by atoms with Crippen LogP contribution >= 0.6 is 11.6 Å². The SMILES string of the molecule is CC1(C)NC(=O)N(CCCCC(NS(=O)(=O)c2ccc(-c3ccc(Cl)cc3)cc2)C(=O)NO)C1=O. The van der Waals surface area contributed by atoms with Gasteiger partial charge in [-0.05, 0) is 68.5 Å². The summed E-state index contributed by atoms with van der Waals surface area (Å²) < 4.78 is 28.0. The van der Waals surface area contributed by atoms with Gasteiger partial charge in [-0.2, -0.15) is 4.72 Å². The zero-order valence-electron chi connectivity index (χ0n) is 19.2. The topological polar surface area (TPSA) is 145 Å². The molecule has 0 spiro atoms. The maximum atomic E-state index is 12.9. The number of sulfonamides is 1. The molecule has 1 aliphatic rings. The summed E-state index contributed by atoms with van der Waals surface area (Å²) in [6, 6.07) is 11.4. The summed E-state index contributed by atoms with van der Waals surface area (Å²) in [6.07, 6.45) is 0.705. The molecule has 1 fully saturated rings. The Hall–Kier alpha value is -2.99. The van der Waals surface area contributed by atoms with E-state index in [1.54, 1.807) is 38.1 Å². The van der Waals surface area contributed by atoms with Crippen molar-refractivity contribution >= 4 is 39.5 Å². The molecule has 4 N–H and O–H groups in total. The van der Waals surface area contributed by atoms with Crippen LogP contribution in [0.3, 0.4) is 0 Å². The van der Waals surface area contributed by atoms with Crippen molar-refractivity contribution in [2.45, 2.75) is 49.6 Å². The van der Waals surface area contributed by atoms with Crippen LogP contribution in [-0.2, 0) is 19.6 Å². The number of urea groups is 1. The minimum absolute atomic E-state index is 0.0432. The number of imide groups is 1. The first kappa shape index (κ1) is 26.6. The summed E-state index contributed by atoms with van der Waals surface area (Å²) in [5.74, 6) is -1.27. The molecule has 1 heterocycles. The van der Waals surface area contributed by atoms with Crippen molar-refractivity contribution in [2.24, 2.45) is 0 Å². The Kier molecular flexibility index (Phi) is 8.16. The van der Waals surface area contributed by atoms with Crippen LogP contribution in [0.1, 0.15) is 33.1 Å². The predicted octanol–water partition coefficient (Wildman–Crippen LogP) is 2.66. The maximum absolute atomic E-state index is 12.9. The van der Waals surface area contributed by atoms with Crippen molar-refractivity contribution in [1.29, 1.82) is 0 Å². The van der Waals surface area contributed by atoms with Crippen LogP contribution in [-0.4, -0.2) is 54.5 Å². The van der Waals surface area contributed by atoms with E-state index in [9.17, 15) is 22.8 Å². The fourth-order valence-corrected chi connectivity index (χ4v) is 5.04. The minimum Gasteiger partial charge on any atom is -0.324 e. The molecule has 2 aromatic carbocycles. The van der Waals surface area contributed by atoms with E-state index < -0.39 is 33.5 Å². The van der Waals surface area contributed by atoms with Crippen molar-refractivity contribution in [2.75, 3.05) is 6.54 Å². The molecule has 35 heavy (non-hydrogen) atoms. The number of benzene rings is 2. The highest BCUT2D eigenvalue weighted by Crippen LogP contribution is 2.23. The largest absolute Gasteiger partial charge is 0.325 e. The molecule has 12 heteroatoms. The average Bonchev–Trinajstić information content (AvgIpc) is 3.02. The number of hydrogen-bond acceptors (Lipinski definition) is 6. The number of nitrogens with zero attached hydrogens (tertiary/aromatic N) is 1. The molecular formula is C23H27ClN4O6S. The van der Waals surface area contributed by atoms with Gasteiger partial charge in [0, 0.05) is 11.6 Å². The highest BCUT2D eigenvalue weighted by atomic mass is 35.5. The molecule has 0 bridgehead atoms. The average molecular weight is 523 g/mol. The van der Waals surface area contributed by atoms with Gasteiger partial charge in [-0.15, -0.1) is 0 Å². The molecule has 0 aliphatic carbocycles. The van der Waals surface area contributed by atoms with Gasteiger partial charge in [0.15, 0.2) is 0 Å². The molecule has 3 rings (SSSR count). The quantitative estimate of drug-likeness (QED) is 0.163. The summed E-state index contributed by atoms with van der Waals surface area (Å²) in [5.41, 5.74) is 2.14. The van der Waals surface area contributed by atoms with Crippen LogP contribution in [0.15, 0.2) is 53.4 Å². The number of hydroxylamine groups is 1. The Morgan fingerprint density at radius 1 is 1.06 bits per heavy atom. The van der Waals surface area contributed by atoms with Gasteiger partial charge in [0.1, 0.15) is 11.6 Å². The third-order valence-corrected chi connectivity index (χ3v) is 7.37. The van der Waals surface area contributed by atoms with E-state index in [0.29, 0.717) is 17.9 Å². The van der Waals surface area contributed by atoms with Crippen molar-refractivity contribution in [3.05, 3.63) is 53.6 Å². The minimum atomic E-state index is -4.08. The Balaban J connectivity index is 1.62. The molecule has 0 radical (unpaired) electrons. The van der Waals surface area contributed by atoms with E-state index in [1.165, 1.54) is 17.6 Å². The molecule has 0 saturated carbocycles. The Morgan fingerprint density at radius 3 is 2.14 bits per heavy atom. The number of carbonyl (C=O) groups excluding carboxylic acids is 3. The molecule has 188 valence electrons. The van der Waals surface area contributed by atoms with Crippen LogP contribution in [0.2, 0.25) is 5.02 Å². The maximum Gasteiger partial charge on any atom is 0.325 e. The molecule has 2 aromatic rings. The van der Waals surface area contributed by atoms with Gasteiger partial charge in [-0.1, -0.05) is 35.9 Å². The van der Waals surface area contributed by atoms with Crippen molar-refractivity contribution in [3.8, 4) is 11.1 Å². The highest BCUT2D eigenvalue weighted by Gasteiger charge is 2.43. The van der Waals surface area contributed by atoms with Gasteiger partial charge < -0.3 is 5.32 Å². The Morgan fingerprint density at radius 2 is 1.63 bits per heavy atom. The summed E-state index contributed by atoms with van der Waals surface area (Å²) in [7, 11) is -4.08. The lowest BCUT2D eigenvalue weighted by atomic mass is 10.1. The van der Waals surface area contributed by atoms with E-state index in [4.69, 9.17) is 16.8 Å². The molecule has 0 aromatic heterocycles. The zero-order valence-corrected chi connectivity index (χ0v) is 20.8. The molecule has 1 atom stereocenters. The summed E-state index contributed by atoms with van der Waals surface area (Å²) >= 11 is 5.90. The predicted molar refractivity (Wildman–Crippen MR) is 129 cm³/mol. The second kappa shape index (κ2) is 10.7. The second-order valence-electron chi connectivity index (χ2n) is 8.69. The lowest BCUT2D eigenvalue weighted by molar-refractivity contribution is -0.131. The van der Waals surface area contributed by atoms with Gasteiger partial charge in [0.25, 0.3) is 11.8 Å². The summed E-state index contributed by atoms with van der Waals surface area (Å²) in [4.78, 5) is 37.3. The third kappa shape index (κ3) is 6.37. The third-order valence-electron chi connectivity index (χ3n) is 5.64. The number of amides is 4. The molecule has 4 amide bonds. The molecule has 10 nitrogen and oxygen atoms in total. The summed E-state index contributed by atoms with van der Waals surface area (Å²) in [5, 5.41) is 12.2. The van der Waals surface area contributed by atoms with Crippen LogP contribution < -0.4 is 15.5 Å². The number of nitrogens with one attached hydrogen (secondary N) is 3. The highest BCUT2D eigenvalue weighted by molar-refractivity contribution is 7.89. The van der Waals surface area contributed by atoms with E-state index in [0.717, 1.165) is 16.0 Å². The lowest BCUT2D eigenvalue weighted by Gasteiger charge is -2.18. The lowest BCUT2D eigenvalue weighted by Crippen LogP contribution is -2.45. The number of halogens is 1. The normalized spacial score (nSPS) is 16.2. The number of unbranched alkanes of at least 4 members (excludes halogenated alkanes) is 1. The fourth-order valence-electron chi connectivity index (χ4n) is 3.69. The van der Waals surface area contributed by atoms with Gasteiger partial charge in [0.05, 0.1) is 4.90 Å². The first-order valence-electron chi connectivity index (χ1n) is 10.9. The van der Waals surface area contributed by atoms with Crippen LogP contribution in [0.25, 0.3) is 11.1 Å². The first-order chi connectivity index (χ1) is 16.4. The van der Waals surface area contributed by atoms with Crippen LogP contribution in [0.4, 0.5) is 4.79 Å². The van der Waals surface area contributed by atoms with E-state index in [1.807, 2.05) is 12.1 Å². The van der Waals surface area contributed by atoms with E-state index in [2.05, 4.69) is 10.0 Å². The van der Waals surface area contributed by atoms with Gasteiger partial charge in [0.2, 0.25) is 10.0 Å². The molecule has 1 saturated heterocycles. The fraction of sp³-hybridized carbons (Fsp3) is 0.348. The smallest absolute Gasteiger partial charge is 0.324 e. The van der Waals surface area contributed by atoms with Crippen LogP contribution in [0.5, 0.6) is 0 Å². The monoisotopic (exact) mass is 522 g/mol. The van der Waals surface area contributed by atoms with Crippen molar-refractivity contribution in [3.63, 3.8) is 0 Å². The standard InChI is InChI=1S/C23H27ClN4O6S/c1-23(2)21(30)28(22(31)25-23)14-4-3-5-19(20(29)26-32)27-35(33,34)18-12-8-16(9-13-18)15-6-10-17(24)11-7-15/h6-13,19,27,32H,3-5,14H2,1-2H3,(H,25,31)(H,26,29). The van der Waals surface area contributed by atoms with Crippen LogP contribution in [0, 0.1) is 0 Å². The number of rotatable bonds is 10. The van der Waals surface area contributed by atoms with Gasteiger partial charge >= 0.3 is 6.03 Å². The van der Waals surface area contributed by atoms with E-state index in [-0.39, 0.29) is 23.8 Å². The Bertz CT molecular complexity index is 1200. The van der Waals surface area contributed by atoms with Gasteiger partial charge in [-0.25, -0.2) is 18.7 Å². The summed E-state index contributed by atoms with van der Waals surface area (Å²) in [6.45, 7) is 3.33. The molecule has 1 unspecified atom stereocenters. The zero-order chi connectivity index (χ0) is 25.8. The number of hydrogen-bond donors (Lipinski definition) is 4. The second-order valence-corrected chi connectivity index (χ2v) is 10.8. The number of carbonyl (C=O) groups is 3. The molecule has 1 aliphatic heterocycles. The Labute approximate surface area is 208 Å². The van der Waals surface area contributed by atoms with E-state index >= 15 is 0 Å². The first-order valence-corrected chi connectivity index (χ1v) is 12.8. The molecular weight excluding hydrogens is 496 g/mol.